The van der Waals surface area contributed by atoms with Crippen molar-refractivity contribution in [3.8, 4) is 0 Å². The molecule has 0 fully saturated rings. The van der Waals surface area contributed by atoms with E-state index in [1.807, 2.05) is 0 Å². The highest BCUT2D eigenvalue weighted by molar-refractivity contribution is 6.29. The number of hydrogen-bond donors (Lipinski definition) is 1. The Morgan fingerprint density at radius 1 is 1.54 bits per heavy atom. The summed E-state index contributed by atoms with van der Waals surface area (Å²) in [5.41, 5.74) is 0. The summed E-state index contributed by atoms with van der Waals surface area (Å²) >= 11 is 0. The van der Waals surface area contributed by atoms with Crippen molar-refractivity contribution >= 4 is 30.1 Å². The summed E-state index contributed by atoms with van der Waals surface area (Å²) in [4.78, 5) is 24.3. The average Bonchev–Trinajstić information content (AvgIpc) is 2.15. The molecule has 1 amide bonds. The van der Waals surface area contributed by atoms with Crippen molar-refractivity contribution in [2.24, 2.45) is 15.0 Å². The van der Waals surface area contributed by atoms with E-state index in [2.05, 4.69) is 15.0 Å². The number of amides is 1. The lowest BCUT2D eigenvalue weighted by Gasteiger charge is -2.25. The first-order valence-corrected chi connectivity index (χ1v) is 3.70. The zero-order valence-electron chi connectivity index (χ0n) is 6.93. The fraction of sp³-hybridized carbons (Fsp3) is 0.286. The highest BCUT2D eigenvalue weighted by atomic mass is 16.2. The summed E-state index contributed by atoms with van der Waals surface area (Å²) in [5.74, 6) is -0.0517. The molecule has 2 aliphatic rings. The molecule has 0 aromatic carbocycles. The molecule has 0 bridgehead atoms. The Kier molecular flexibility index (Phi) is 1.54. The van der Waals surface area contributed by atoms with E-state index < -0.39 is 6.04 Å². The molecule has 1 atom stereocenters. The average molecular weight is 177 g/mol. The van der Waals surface area contributed by atoms with Crippen LogP contribution < -0.4 is 0 Å². The van der Waals surface area contributed by atoms with Gasteiger partial charge >= 0.3 is 0 Å². The molecule has 1 N–H and O–H groups in total. The van der Waals surface area contributed by atoms with Gasteiger partial charge in [-0.25, -0.2) is 4.99 Å². The third-order valence-corrected chi connectivity index (χ3v) is 1.86. The van der Waals surface area contributed by atoms with E-state index in [1.165, 1.54) is 19.5 Å². The quantitative estimate of drug-likeness (QED) is 0.522. The third kappa shape index (κ3) is 1.07. The van der Waals surface area contributed by atoms with Crippen LogP contribution in [0.25, 0.3) is 0 Å². The van der Waals surface area contributed by atoms with Gasteiger partial charge in [-0.05, 0) is 0 Å². The summed E-state index contributed by atoms with van der Waals surface area (Å²) < 4.78 is 0. The summed E-state index contributed by atoms with van der Waals surface area (Å²) in [5, 5.41) is 7.34. The molecule has 66 valence electrons. The van der Waals surface area contributed by atoms with E-state index in [0.717, 1.165) is 4.90 Å². The minimum absolute atomic E-state index is 0.0921. The van der Waals surface area contributed by atoms with Crippen LogP contribution >= 0.6 is 0 Å². The van der Waals surface area contributed by atoms with E-state index in [0.29, 0.717) is 5.84 Å². The lowest BCUT2D eigenvalue weighted by atomic mass is 10.2. The van der Waals surface area contributed by atoms with Gasteiger partial charge in [0.2, 0.25) is 5.96 Å². The van der Waals surface area contributed by atoms with Crippen LogP contribution in [0.3, 0.4) is 0 Å². The molecule has 0 aliphatic carbocycles. The number of nitrogens with zero attached hydrogens (tertiary/aromatic N) is 4. The standard InChI is InChI=1S/C7H7N5O/c1-12-6(13)4-5(11-7(12)8)10-3-2-9-4/h2-4,8H,1H3. The van der Waals surface area contributed by atoms with Gasteiger partial charge in [-0.15, -0.1) is 0 Å². The smallest absolute Gasteiger partial charge is 0.261 e. The van der Waals surface area contributed by atoms with Crippen LogP contribution in [0.5, 0.6) is 0 Å². The van der Waals surface area contributed by atoms with Gasteiger partial charge in [0.25, 0.3) is 5.91 Å². The molecule has 0 aromatic heterocycles. The van der Waals surface area contributed by atoms with E-state index in [-0.39, 0.29) is 11.9 Å². The predicted molar refractivity (Wildman–Crippen MR) is 48.7 cm³/mol. The topological polar surface area (TPSA) is 81.2 Å². The van der Waals surface area contributed by atoms with Crippen molar-refractivity contribution in [1.29, 1.82) is 5.41 Å². The largest absolute Gasteiger partial charge is 0.282 e. The number of carbonyl (C=O) groups is 1. The Balaban J connectivity index is 2.46. The molecular weight excluding hydrogens is 170 g/mol. The number of carbonyl (C=O) groups excluding carboxylic acids is 1. The normalized spacial score (nSPS) is 26.1. The highest BCUT2D eigenvalue weighted by Gasteiger charge is 2.33. The molecule has 2 heterocycles. The molecule has 0 saturated heterocycles. The van der Waals surface area contributed by atoms with Gasteiger partial charge in [-0.1, -0.05) is 0 Å². The molecule has 0 saturated carbocycles. The molecule has 2 aliphatic heterocycles. The first-order valence-electron chi connectivity index (χ1n) is 3.70. The van der Waals surface area contributed by atoms with Crippen LogP contribution in [0.1, 0.15) is 0 Å². The minimum atomic E-state index is -0.649. The van der Waals surface area contributed by atoms with E-state index in [4.69, 9.17) is 5.41 Å². The first-order chi connectivity index (χ1) is 6.20. The number of likely N-dealkylation sites (N-methyl/N-ethyl adjacent to an activating group) is 1. The maximum Gasteiger partial charge on any atom is 0.261 e. The van der Waals surface area contributed by atoms with Crippen LogP contribution in [0.2, 0.25) is 0 Å². The van der Waals surface area contributed by atoms with Crippen LogP contribution in [0.15, 0.2) is 15.0 Å². The van der Waals surface area contributed by atoms with Gasteiger partial charge in [-0.2, -0.15) is 4.99 Å². The Hall–Kier alpha value is -1.85. The minimum Gasteiger partial charge on any atom is -0.282 e. The number of guanidine groups is 1. The van der Waals surface area contributed by atoms with Gasteiger partial charge in [-0.3, -0.25) is 20.1 Å². The second kappa shape index (κ2) is 2.58. The molecule has 0 spiro atoms. The number of rotatable bonds is 0. The van der Waals surface area contributed by atoms with E-state index in [1.54, 1.807) is 0 Å². The molecular formula is C7H7N5O. The number of nitrogens with one attached hydrogen (secondary N) is 1. The number of fused-ring (bicyclic) bond motifs is 1. The van der Waals surface area contributed by atoms with Crippen molar-refractivity contribution in [1.82, 2.24) is 4.90 Å². The van der Waals surface area contributed by atoms with E-state index >= 15 is 0 Å². The molecule has 6 nitrogen and oxygen atoms in total. The third-order valence-electron chi connectivity index (χ3n) is 1.86. The Labute approximate surface area is 74.2 Å². The highest BCUT2D eigenvalue weighted by Crippen LogP contribution is 2.10. The van der Waals surface area contributed by atoms with Crippen LogP contribution in [-0.4, -0.2) is 48.1 Å². The summed E-state index contributed by atoms with van der Waals surface area (Å²) in [6, 6.07) is -0.649. The fourth-order valence-electron chi connectivity index (χ4n) is 1.11. The molecule has 2 rings (SSSR count). The Morgan fingerprint density at radius 2 is 2.31 bits per heavy atom. The molecule has 0 radical (unpaired) electrons. The number of hydrogen-bond acceptors (Lipinski definition) is 4. The maximum absolute atomic E-state index is 11.5. The first kappa shape index (κ1) is 7.78. The second-order valence-corrected chi connectivity index (χ2v) is 2.67. The zero-order chi connectivity index (χ0) is 9.42. The summed E-state index contributed by atoms with van der Waals surface area (Å²) in [7, 11) is 1.50. The zero-order valence-corrected chi connectivity index (χ0v) is 6.93. The number of aliphatic imine (C=N–C) groups is 3. The van der Waals surface area contributed by atoms with Gasteiger partial charge in [0.1, 0.15) is 0 Å². The van der Waals surface area contributed by atoms with Gasteiger partial charge in [0.05, 0.1) is 0 Å². The van der Waals surface area contributed by atoms with Crippen LogP contribution in [-0.2, 0) is 4.79 Å². The van der Waals surface area contributed by atoms with Gasteiger partial charge < -0.3 is 0 Å². The van der Waals surface area contributed by atoms with E-state index in [9.17, 15) is 4.79 Å². The summed E-state index contributed by atoms with van der Waals surface area (Å²) in [6.07, 6.45) is 2.92. The van der Waals surface area contributed by atoms with Crippen molar-refractivity contribution in [2.75, 3.05) is 7.05 Å². The lowest BCUT2D eigenvalue weighted by Crippen LogP contribution is -2.47. The van der Waals surface area contributed by atoms with Gasteiger partial charge in [0, 0.05) is 19.5 Å². The molecule has 13 heavy (non-hydrogen) atoms. The fourth-order valence-corrected chi connectivity index (χ4v) is 1.11. The van der Waals surface area contributed by atoms with Crippen molar-refractivity contribution < 1.29 is 4.79 Å². The van der Waals surface area contributed by atoms with Gasteiger partial charge in [0.15, 0.2) is 11.9 Å². The Bertz CT molecular complexity index is 367. The molecule has 6 heteroatoms. The van der Waals surface area contributed by atoms with Crippen molar-refractivity contribution in [3.05, 3.63) is 0 Å². The molecule has 0 aromatic rings. The lowest BCUT2D eigenvalue weighted by molar-refractivity contribution is -0.126. The second-order valence-electron chi connectivity index (χ2n) is 2.67. The Morgan fingerprint density at radius 3 is 3.08 bits per heavy atom. The van der Waals surface area contributed by atoms with Crippen LogP contribution in [0, 0.1) is 5.41 Å². The number of amidine groups is 1. The van der Waals surface area contributed by atoms with Crippen LogP contribution in [0.4, 0.5) is 0 Å². The summed E-state index contributed by atoms with van der Waals surface area (Å²) in [6.45, 7) is 0. The molecule has 1 unspecified atom stereocenters. The monoisotopic (exact) mass is 177 g/mol. The van der Waals surface area contributed by atoms with Crippen molar-refractivity contribution in [3.63, 3.8) is 0 Å². The maximum atomic E-state index is 11.5. The van der Waals surface area contributed by atoms with Crippen molar-refractivity contribution in [2.45, 2.75) is 6.04 Å². The predicted octanol–water partition coefficient (Wildman–Crippen LogP) is -0.685. The SMILES string of the molecule is CN1C(=N)N=C2N=CC=NC2C1=O.